The number of hydrogen-bond donors (Lipinski definition) is 1. The van der Waals surface area contributed by atoms with Gasteiger partial charge in [0.05, 0.1) is 6.54 Å². The first-order chi connectivity index (χ1) is 13.7. The molecule has 28 heavy (non-hydrogen) atoms. The van der Waals surface area contributed by atoms with Crippen LogP contribution in [0, 0.1) is 0 Å². The van der Waals surface area contributed by atoms with Crippen LogP contribution in [-0.2, 0) is 19.5 Å². The summed E-state index contributed by atoms with van der Waals surface area (Å²) in [7, 11) is 0. The van der Waals surface area contributed by atoms with Crippen LogP contribution in [0.2, 0.25) is 5.02 Å². The second kappa shape index (κ2) is 8.44. The zero-order valence-electron chi connectivity index (χ0n) is 15.5. The van der Waals surface area contributed by atoms with Gasteiger partial charge in [0, 0.05) is 23.7 Å². The Bertz CT molecular complexity index is 939. The molecule has 6 nitrogen and oxygen atoms in total. The van der Waals surface area contributed by atoms with Gasteiger partial charge in [0.25, 0.3) is 0 Å². The van der Waals surface area contributed by atoms with Gasteiger partial charge in [-0.15, -0.1) is 10.2 Å². The fourth-order valence-corrected chi connectivity index (χ4v) is 3.51. The summed E-state index contributed by atoms with van der Waals surface area (Å²) in [4.78, 5) is 14.8. The summed E-state index contributed by atoms with van der Waals surface area (Å²) in [6.07, 6.45) is 4.22. The number of carbonyl (C=O) groups is 1. The van der Waals surface area contributed by atoms with Crippen LogP contribution in [0.25, 0.3) is 0 Å². The number of hydrogen-bond acceptors (Lipinski definition) is 3. The van der Waals surface area contributed by atoms with E-state index in [-0.39, 0.29) is 6.03 Å². The fourth-order valence-electron chi connectivity index (χ4n) is 3.39. The molecule has 1 aromatic heterocycles. The highest BCUT2D eigenvalue weighted by molar-refractivity contribution is 6.30. The minimum absolute atomic E-state index is 0.236. The quantitative estimate of drug-likeness (QED) is 0.683. The molecular weight excluding hydrogens is 374 g/mol. The number of urea groups is 1. The van der Waals surface area contributed by atoms with Crippen LogP contribution in [-0.4, -0.2) is 20.8 Å². The minimum Gasteiger partial charge on any atom is -0.307 e. The van der Waals surface area contributed by atoms with Crippen molar-refractivity contribution in [2.75, 3.05) is 10.2 Å². The van der Waals surface area contributed by atoms with Gasteiger partial charge in [-0.25, -0.2) is 4.79 Å². The summed E-state index contributed by atoms with van der Waals surface area (Å²) in [5, 5.41) is 12.4. The van der Waals surface area contributed by atoms with Crippen LogP contribution in [0.3, 0.4) is 0 Å². The third-order valence-electron chi connectivity index (χ3n) is 4.86. The molecule has 3 aromatic rings. The standard InChI is InChI=1S/C21H22ClN5O/c22-17-12-10-16(11-13-17)15-27(21(28)23-18-7-3-1-4-8-18)20-25-24-19-9-5-2-6-14-26(19)20/h1,3-4,7-8,10-13H,2,5-6,9,14-15H2,(H,23,28). The number of aromatic nitrogens is 3. The minimum atomic E-state index is -0.236. The SMILES string of the molecule is O=C(Nc1ccccc1)N(Cc1ccc(Cl)cc1)c1nnc2n1CCCCC2. The number of nitrogens with zero attached hydrogens (tertiary/aromatic N) is 4. The largest absolute Gasteiger partial charge is 0.329 e. The van der Waals surface area contributed by atoms with Gasteiger partial charge in [0.15, 0.2) is 0 Å². The first kappa shape index (κ1) is 18.5. The Morgan fingerprint density at radius 2 is 1.82 bits per heavy atom. The van der Waals surface area contributed by atoms with E-state index in [2.05, 4.69) is 20.1 Å². The molecule has 0 fully saturated rings. The molecule has 1 aliphatic heterocycles. The summed E-state index contributed by atoms with van der Waals surface area (Å²) >= 11 is 6.01. The number of nitrogens with one attached hydrogen (secondary N) is 1. The molecule has 0 bridgehead atoms. The summed E-state index contributed by atoms with van der Waals surface area (Å²) in [5.74, 6) is 1.53. The van der Waals surface area contributed by atoms with Crippen molar-refractivity contribution in [2.24, 2.45) is 0 Å². The predicted molar refractivity (Wildman–Crippen MR) is 111 cm³/mol. The number of amides is 2. The highest BCUT2D eigenvalue weighted by Crippen LogP contribution is 2.23. The molecule has 144 valence electrons. The molecule has 2 aromatic carbocycles. The molecular formula is C21H22ClN5O. The van der Waals surface area contributed by atoms with Crippen LogP contribution < -0.4 is 10.2 Å². The smallest absolute Gasteiger partial charge is 0.307 e. The maximum Gasteiger partial charge on any atom is 0.329 e. The lowest BCUT2D eigenvalue weighted by atomic mass is 10.2. The van der Waals surface area contributed by atoms with E-state index in [9.17, 15) is 4.79 Å². The van der Waals surface area contributed by atoms with Crippen molar-refractivity contribution in [1.82, 2.24) is 14.8 Å². The molecule has 4 rings (SSSR count). The molecule has 0 saturated heterocycles. The Hall–Kier alpha value is -2.86. The summed E-state index contributed by atoms with van der Waals surface area (Å²) < 4.78 is 2.08. The maximum atomic E-state index is 13.2. The molecule has 0 unspecified atom stereocenters. The maximum absolute atomic E-state index is 13.2. The molecule has 0 radical (unpaired) electrons. The number of aryl methyl sites for hydroxylation is 1. The lowest BCUT2D eigenvalue weighted by Crippen LogP contribution is -2.36. The molecule has 0 atom stereocenters. The van der Waals surface area contributed by atoms with Crippen molar-refractivity contribution >= 4 is 29.3 Å². The predicted octanol–water partition coefficient (Wildman–Crippen LogP) is 4.90. The van der Waals surface area contributed by atoms with Crippen LogP contribution in [0.4, 0.5) is 16.4 Å². The molecule has 2 heterocycles. The molecule has 1 N–H and O–H groups in total. The topological polar surface area (TPSA) is 63.1 Å². The van der Waals surface area contributed by atoms with Gasteiger partial charge in [0.2, 0.25) is 5.95 Å². The van der Waals surface area contributed by atoms with Gasteiger partial charge in [-0.3, -0.25) is 9.47 Å². The van der Waals surface area contributed by atoms with Gasteiger partial charge >= 0.3 is 6.03 Å². The van der Waals surface area contributed by atoms with Crippen molar-refractivity contribution in [3.05, 3.63) is 71.0 Å². The van der Waals surface area contributed by atoms with Crippen LogP contribution >= 0.6 is 11.6 Å². The van der Waals surface area contributed by atoms with Gasteiger partial charge < -0.3 is 5.32 Å². The summed E-state index contributed by atoms with van der Waals surface area (Å²) in [5.41, 5.74) is 1.71. The number of carbonyl (C=O) groups excluding carboxylic acids is 1. The zero-order chi connectivity index (χ0) is 19.3. The highest BCUT2D eigenvalue weighted by atomic mass is 35.5. The lowest BCUT2D eigenvalue weighted by molar-refractivity contribution is 0.256. The monoisotopic (exact) mass is 395 g/mol. The Labute approximate surface area is 169 Å². The van der Waals surface area contributed by atoms with E-state index in [0.717, 1.165) is 49.3 Å². The normalized spacial score (nSPS) is 13.5. The van der Waals surface area contributed by atoms with Crippen molar-refractivity contribution in [1.29, 1.82) is 0 Å². The first-order valence-corrected chi connectivity index (χ1v) is 9.88. The summed E-state index contributed by atoms with van der Waals surface area (Å²) in [6, 6.07) is 16.7. The average Bonchev–Trinajstić information content (AvgIpc) is 2.95. The van der Waals surface area contributed by atoms with Crippen molar-refractivity contribution in [3.63, 3.8) is 0 Å². The molecule has 7 heteroatoms. The van der Waals surface area contributed by atoms with Crippen molar-refractivity contribution < 1.29 is 4.79 Å². The number of rotatable bonds is 4. The van der Waals surface area contributed by atoms with E-state index in [1.54, 1.807) is 4.90 Å². The number of para-hydroxylation sites is 1. The molecule has 0 aliphatic carbocycles. The molecule has 0 spiro atoms. The van der Waals surface area contributed by atoms with E-state index >= 15 is 0 Å². The number of anilines is 2. The fraction of sp³-hybridized carbons (Fsp3) is 0.286. The average molecular weight is 396 g/mol. The van der Waals surface area contributed by atoms with Gasteiger partial charge in [0.1, 0.15) is 5.82 Å². The third-order valence-corrected chi connectivity index (χ3v) is 5.11. The second-order valence-corrected chi connectivity index (χ2v) is 7.32. The van der Waals surface area contributed by atoms with Gasteiger partial charge in [-0.1, -0.05) is 48.4 Å². The zero-order valence-corrected chi connectivity index (χ0v) is 16.3. The number of benzene rings is 2. The summed E-state index contributed by atoms with van der Waals surface area (Å²) in [6.45, 7) is 1.21. The Morgan fingerprint density at radius 1 is 1.04 bits per heavy atom. The third kappa shape index (κ3) is 4.17. The Balaban J connectivity index is 1.66. The molecule has 1 aliphatic rings. The van der Waals surface area contributed by atoms with E-state index in [0.29, 0.717) is 17.5 Å². The van der Waals surface area contributed by atoms with E-state index in [4.69, 9.17) is 11.6 Å². The highest BCUT2D eigenvalue weighted by Gasteiger charge is 2.25. The van der Waals surface area contributed by atoms with Crippen LogP contribution in [0.1, 0.15) is 30.7 Å². The van der Waals surface area contributed by atoms with Gasteiger partial charge in [-0.2, -0.15) is 0 Å². The Kier molecular flexibility index (Phi) is 5.58. The second-order valence-electron chi connectivity index (χ2n) is 6.89. The van der Waals surface area contributed by atoms with Crippen LogP contribution in [0.15, 0.2) is 54.6 Å². The van der Waals surface area contributed by atoms with E-state index in [1.165, 1.54) is 0 Å². The number of fused-ring (bicyclic) bond motifs is 1. The van der Waals surface area contributed by atoms with Crippen molar-refractivity contribution in [2.45, 2.75) is 38.8 Å². The molecule has 0 saturated carbocycles. The van der Waals surface area contributed by atoms with E-state index in [1.807, 2.05) is 54.6 Å². The first-order valence-electron chi connectivity index (χ1n) is 9.51. The number of halogens is 1. The van der Waals surface area contributed by atoms with Crippen LogP contribution in [0.5, 0.6) is 0 Å². The Morgan fingerprint density at radius 3 is 2.61 bits per heavy atom. The molecule has 2 amide bonds. The van der Waals surface area contributed by atoms with Gasteiger partial charge in [-0.05, 0) is 42.7 Å². The van der Waals surface area contributed by atoms with E-state index < -0.39 is 0 Å². The van der Waals surface area contributed by atoms with Crippen molar-refractivity contribution in [3.8, 4) is 0 Å². The lowest BCUT2D eigenvalue weighted by Gasteiger charge is -2.23.